The molecule has 15 heavy (non-hydrogen) atoms. The van der Waals surface area contributed by atoms with Crippen LogP contribution in [0.15, 0.2) is 30.6 Å². The molecular formula is C11H17N3O. The van der Waals surface area contributed by atoms with Crippen LogP contribution in [0.3, 0.4) is 0 Å². The molecule has 2 heterocycles. The van der Waals surface area contributed by atoms with Crippen molar-refractivity contribution in [1.29, 1.82) is 0 Å². The van der Waals surface area contributed by atoms with Crippen LogP contribution in [0.5, 0.6) is 0 Å². The molecular weight excluding hydrogens is 190 g/mol. The van der Waals surface area contributed by atoms with E-state index < -0.39 is 0 Å². The minimum Gasteiger partial charge on any atom is -0.345 e. The normalized spacial score (nSPS) is 19.7. The number of carbonyl (C=O) groups excluding carboxylic acids is 1. The van der Waals surface area contributed by atoms with Crippen LogP contribution in [0.1, 0.15) is 6.42 Å². The molecule has 0 aromatic carbocycles. The third kappa shape index (κ3) is 4.08. The molecule has 2 rings (SSSR count). The van der Waals surface area contributed by atoms with Gasteiger partial charge in [0.1, 0.15) is 0 Å². The van der Waals surface area contributed by atoms with Crippen molar-refractivity contribution in [3.8, 4) is 0 Å². The Morgan fingerprint density at radius 3 is 2.33 bits per heavy atom. The molecule has 2 N–H and O–H groups in total. The fourth-order valence-corrected chi connectivity index (χ4v) is 1.43. The average Bonchev–Trinajstić information content (AvgIpc) is 2.62. The van der Waals surface area contributed by atoms with E-state index in [2.05, 4.69) is 4.98 Å². The standard InChI is InChI=1S/C6H12N2O.C5H5N/c1-8-4-5(3-7)2-6(8)9;1-2-4-6-5-3-1/h5H,2-4,7H2,1H3;1-5H. The van der Waals surface area contributed by atoms with Crippen molar-refractivity contribution in [3.63, 3.8) is 0 Å². The number of hydrogen-bond donors (Lipinski definition) is 1. The van der Waals surface area contributed by atoms with Crippen molar-refractivity contribution >= 4 is 5.91 Å². The Balaban J connectivity index is 0.000000162. The quantitative estimate of drug-likeness (QED) is 0.729. The number of carbonyl (C=O) groups is 1. The summed E-state index contributed by atoms with van der Waals surface area (Å²) in [6.45, 7) is 1.48. The lowest BCUT2D eigenvalue weighted by atomic mass is 10.1. The predicted octanol–water partition coefficient (Wildman–Crippen LogP) is 0.505. The smallest absolute Gasteiger partial charge is 0.222 e. The van der Waals surface area contributed by atoms with Crippen LogP contribution in [-0.2, 0) is 4.79 Å². The molecule has 0 radical (unpaired) electrons. The number of aromatic nitrogens is 1. The molecule has 1 fully saturated rings. The Labute approximate surface area is 90.1 Å². The van der Waals surface area contributed by atoms with Gasteiger partial charge in [-0.25, -0.2) is 0 Å². The van der Waals surface area contributed by atoms with Gasteiger partial charge < -0.3 is 10.6 Å². The maximum atomic E-state index is 10.8. The minimum absolute atomic E-state index is 0.227. The largest absolute Gasteiger partial charge is 0.345 e. The van der Waals surface area contributed by atoms with E-state index in [1.807, 2.05) is 25.2 Å². The van der Waals surface area contributed by atoms with Crippen LogP contribution in [0.25, 0.3) is 0 Å². The van der Waals surface area contributed by atoms with Crippen LogP contribution >= 0.6 is 0 Å². The first kappa shape index (κ1) is 11.7. The van der Waals surface area contributed by atoms with E-state index in [0.29, 0.717) is 18.9 Å². The Hall–Kier alpha value is -1.42. The minimum atomic E-state index is 0.227. The van der Waals surface area contributed by atoms with E-state index in [1.54, 1.807) is 17.3 Å². The van der Waals surface area contributed by atoms with Crippen molar-refractivity contribution in [1.82, 2.24) is 9.88 Å². The van der Waals surface area contributed by atoms with Gasteiger partial charge in [-0.2, -0.15) is 0 Å². The van der Waals surface area contributed by atoms with Gasteiger partial charge in [0.05, 0.1) is 0 Å². The van der Waals surface area contributed by atoms with Crippen LogP contribution in [-0.4, -0.2) is 35.9 Å². The lowest BCUT2D eigenvalue weighted by Gasteiger charge is -2.06. The highest BCUT2D eigenvalue weighted by molar-refractivity contribution is 5.78. The summed E-state index contributed by atoms with van der Waals surface area (Å²) in [6.07, 6.45) is 4.15. The Morgan fingerprint density at radius 2 is 2.13 bits per heavy atom. The van der Waals surface area contributed by atoms with Gasteiger partial charge in [0.2, 0.25) is 5.91 Å². The van der Waals surface area contributed by atoms with Crippen molar-refractivity contribution < 1.29 is 4.79 Å². The third-order valence-corrected chi connectivity index (χ3v) is 2.32. The molecule has 1 aliphatic rings. The highest BCUT2D eigenvalue weighted by Crippen LogP contribution is 2.13. The zero-order valence-electron chi connectivity index (χ0n) is 8.97. The molecule has 1 saturated heterocycles. The topological polar surface area (TPSA) is 59.2 Å². The Bertz CT molecular complexity index is 262. The lowest BCUT2D eigenvalue weighted by Crippen LogP contribution is -2.21. The SMILES string of the molecule is CN1CC(CN)CC1=O.c1ccncc1. The summed E-state index contributed by atoms with van der Waals surface area (Å²) in [7, 11) is 1.82. The summed E-state index contributed by atoms with van der Waals surface area (Å²) < 4.78 is 0. The van der Waals surface area contributed by atoms with Crippen LogP contribution in [0, 0.1) is 5.92 Å². The first-order valence-corrected chi connectivity index (χ1v) is 5.03. The van der Waals surface area contributed by atoms with Gasteiger partial charge in [-0.3, -0.25) is 9.78 Å². The van der Waals surface area contributed by atoms with E-state index in [1.165, 1.54) is 0 Å². The van der Waals surface area contributed by atoms with E-state index >= 15 is 0 Å². The molecule has 0 aliphatic carbocycles. The highest BCUT2D eigenvalue weighted by atomic mass is 16.2. The molecule has 1 aliphatic heterocycles. The number of nitrogens with two attached hydrogens (primary N) is 1. The van der Waals surface area contributed by atoms with Crippen LogP contribution < -0.4 is 5.73 Å². The monoisotopic (exact) mass is 207 g/mol. The Morgan fingerprint density at radius 1 is 1.47 bits per heavy atom. The third-order valence-electron chi connectivity index (χ3n) is 2.32. The summed E-state index contributed by atoms with van der Waals surface area (Å²) in [6, 6.07) is 5.72. The summed E-state index contributed by atoms with van der Waals surface area (Å²) in [5, 5.41) is 0. The van der Waals surface area contributed by atoms with Gasteiger partial charge >= 0.3 is 0 Å². The summed E-state index contributed by atoms with van der Waals surface area (Å²) in [5.41, 5.74) is 5.38. The zero-order valence-corrected chi connectivity index (χ0v) is 8.97. The second kappa shape index (κ2) is 6.14. The van der Waals surface area contributed by atoms with Crippen LogP contribution in [0.4, 0.5) is 0 Å². The van der Waals surface area contributed by atoms with Crippen molar-refractivity contribution in [3.05, 3.63) is 30.6 Å². The van der Waals surface area contributed by atoms with E-state index in [4.69, 9.17) is 5.73 Å². The van der Waals surface area contributed by atoms with Gasteiger partial charge in [-0.1, -0.05) is 6.07 Å². The highest BCUT2D eigenvalue weighted by Gasteiger charge is 2.24. The molecule has 4 heteroatoms. The average molecular weight is 207 g/mol. The molecule has 1 unspecified atom stereocenters. The van der Waals surface area contributed by atoms with Crippen molar-refractivity contribution in [2.45, 2.75) is 6.42 Å². The predicted molar refractivity (Wildman–Crippen MR) is 59.0 cm³/mol. The lowest BCUT2D eigenvalue weighted by molar-refractivity contribution is -0.126. The summed E-state index contributed by atoms with van der Waals surface area (Å²) >= 11 is 0. The molecule has 82 valence electrons. The first-order chi connectivity index (χ1) is 7.24. The van der Waals surface area contributed by atoms with Crippen LogP contribution in [0.2, 0.25) is 0 Å². The molecule has 0 bridgehead atoms. The maximum absolute atomic E-state index is 10.8. The number of pyridine rings is 1. The zero-order chi connectivity index (χ0) is 11.1. The first-order valence-electron chi connectivity index (χ1n) is 5.03. The molecule has 4 nitrogen and oxygen atoms in total. The fourth-order valence-electron chi connectivity index (χ4n) is 1.43. The second-order valence-corrected chi connectivity index (χ2v) is 3.60. The van der Waals surface area contributed by atoms with E-state index in [0.717, 1.165) is 6.54 Å². The summed E-state index contributed by atoms with van der Waals surface area (Å²) in [5.74, 6) is 0.632. The Kier molecular flexibility index (Phi) is 4.77. The summed E-state index contributed by atoms with van der Waals surface area (Å²) in [4.78, 5) is 16.3. The number of nitrogens with zero attached hydrogens (tertiary/aromatic N) is 2. The second-order valence-electron chi connectivity index (χ2n) is 3.60. The van der Waals surface area contributed by atoms with E-state index in [9.17, 15) is 4.79 Å². The number of hydrogen-bond acceptors (Lipinski definition) is 3. The molecule has 1 aromatic heterocycles. The van der Waals surface area contributed by atoms with E-state index in [-0.39, 0.29) is 5.91 Å². The number of rotatable bonds is 1. The molecule has 1 amide bonds. The van der Waals surface area contributed by atoms with Crippen molar-refractivity contribution in [2.75, 3.05) is 20.1 Å². The molecule has 1 atom stereocenters. The molecule has 0 saturated carbocycles. The van der Waals surface area contributed by atoms with Gasteiger partial charge in [0, 0.05) is 32.4 Å². The van der Waals surface area contributed by atoms with Gasteiger partial charge in [-0.15, -0.1) is 0 Å². The fraction of sp³-hybridized carbons (Fsp3) is 0.455. The van der Waals surface area contributed by atoms with Gasteiger partial charge in [-0.05, 0) is 24.6 Å². The molecule has 1 aromatic rings. The van der Waals surface area contributed by atoms with Gasteiger partial charge in [0.25, 0.3) is 0 Å². The number of amides is 1. The maximum Gasteiger partial charge on any atom is 0.222 e. The van der Waals surface area contributed by atoms with Gasteiger partial charge in [0.15, 0.2) is 0 Å². The molecule has 0 spiro atoms. The number of likely N-dealkylation sites (tertiary alicyclic amines) is 1. The van der Waals surface area contributed by atoms with Crippen molar-refractivity contribution in [2.24, 2.45) is 11.7 Å².